The van der Waals surface area contributed by atoms with Crippen LogP contribution in [0.5, 0.6) is 0 Å². The summed E-state index contributed by atoms with van der Waals surface area (Å²) < 4.78 is 0. The van der Waals surface area contributed by atoms with Gasteiger partial charge in [0.25, 0.3) is 0 Å². The molecule has 2 heteroatoms. The van der Waals surface area contributed by atoms with E-state index in [9.17, 15) is 0 Å². The van der Waals surface area contributed by atoms with Crippen molar-refractivity contribution in [1.29, 1.82) is 0 Å². The molecule has 0 saturated carbocycles. The van der Waals surface area contributed by atoms with E-state index in [4.69, 9.17) is 0 Å². The first-order valence-corrected chi connectivity index (χ1v) is 7.96. The molecule has 0 spiro atoms. The van der Waals surface area contributed by atoms with Gasteiger partial charge in [-0.2, -0.15) is 0 Å². The first-order chi connectivity index (χ1) is 9.43. The molecule has 0 radical (unpaired) electrons. The van der Waals surface area contributed by atoms with Crippen molar-refractivity contribution in [1.82, 2.24) is 10.2 Å². The van der Waals surface area contributed by atoms with Crippen molar-refractivity contribution in [2.75, 3.05) is 26.2 Å². The Labute approximate surface area is 117 Å². The summed E-state index contributed by atoms with van der Waals surface area (Å²) in [6, 6.07) is 6.87. The van der Waals surface area contributed by atoms with Gasteiger partial charge in [-0.1, -0.05) is 24.6 Å². The molecular formula is C17H26N2. The van der Waals surface area contributed by atoms with E-state index in [0.717, 1.165) is 13.1 Å². The van der Waals surface area contributed by atoms with Crippen LogP contribution in [0.4, 0.5) is 0 Å². The minimum atomic E-state index is 1.06. The molecule has 0 bridgehead atoms. The zero-order valence-electron chi connectivity index (χ0n) is 12.0. The van der Waals surface area contributed by atoms with Crippen LogP contribution in [0.25, 0.3) is 0 Å². The molecule has 2 aliphatic rings. The molecule has 0 unspecified atom stereocenters. The predicted molar refractivity (Wildman–Crippen MR) is 80.5 cm³/mol. The van der Waals surface area contributed by atoms with E-state index in [1.807, 2.05) is 0 Å². The van der Waals surface area contributed by atoms with Crippen LogP contribution >= 0.6 is 0 Å². The molecule has 1 aromatic rings. The average molecular weight is 258 g/mol. The van der Waals surface area contributed by atoms with Crippen molar-refractivity contribution in [3.8, 4) is 0 Å². The molecule has 0 aromatic heterocycles. The highest BCUT2D eigenvalue weighted by molar-refractivity contribution is 5.37. The van der Waals surface area contributed by atoms with Gasteiger partial charge in [0, 0.05) is 6.54 Å². The fraction of sp³-hybridized carbons (Fsp3) is 0.647. The maximum absolute atomic E-state index is 3.47. The van der Waals surface area contributed by atoms with Gasteiger partial charge in [0.15, 0.2) is 0 Å². The Morgan fingerprint density at radius 2 is 2.00 bits per heavy atom. The van der Waals surface area contributed by atoms with Crippen LogP contribution in [-0.2, 0) is 19.4 Å². The standard InChI is InChI=1S/C17H26N2/c1-2-11-19(12-3-1)13-5-8-15-6-4-7-16-14-18-10-9-17(15)16/h4,6-7,18H,1-3,5,8-14H2. The molecule has 1 fully saturated rings. The van der Waals surface area contributed by atoms with E-state index in [1.54, 1.807) is 11.1 Å². The van der Waals surface area contributed by atoms with Gasteiger partial charge in [-0.25, -0.2) is 0 Å². The lowest BCUT2D eigenvalue weighted by atomic mass is 9.93. The van der Waals surface area contributed by atoms with Gasteiger partial charge in [0.1, 0.15) is 0 Å². The van der Waals surface area contributed by atoms with Crippen molar-refractivity contribution in [2.24, 2.45) is 0 Å². The molecule has 1 N–H and O–H groups in total. The number of hydrogen-bond acceptors (Lipinski definition) is 2. The van der Waals surface area contributed by atoms with Crippen LogP contribution in [0, 0.1) is 0 Å². The highest BCUT2D eigenvalue weighted by Crippen LogP contribution is 2.20. The van der Waals surface area contributed by atoms with Gasteiger partial charge < -0.3 is 10.2 Å². The smallest absolute Gasteiger partial charge is 0.0208 e. The normalized spacial score (nSPS) is 20.2. The Morgan fingerprint density at radius 3 is 2.89 bits per heavy atom. The maximum Gasteiger partial charge on any atom is 0.0208 e. The first-order valence-electron chi connectivity index (χ1n) is 7.96. The summed E-state index contributed by atoms with van der Waals surface area (Å²) in [6.07, 6.45) is 8.06. The Morgan fingerprint density at radius 1 is 1.11 bits per heavy atom. The summed E-state index contributed by atoms with van der Waals surface area (Å²) >= 11 is 0. The fourth-order valence-corrected chi connectivity index (χ4v) is 3.52. The third kappa shape index (κ3) is 3.37. The van der Waals surface area contributed by atoms with Gasteiger partial charge in [-0.3, -0.25) is 0 Å². The number of piperidine rings is 1. The van der Waals surface area contributed by atoms with Gasteiger partial charge in [-0.05, 0) is 75.0 Å². The van der Waals surface area contributed by atoms with E-state index in [2.05, 4.69) is 28.4 Å². The molecule has 3 rings (SSSR count). The van der Waals surface area contributed by atoms with E-state index < -0.39 is 0 Å². The van der Waals surface area contributed by atoms with Crippen LogP contribution < -0.4 is 5.32 Å². The van der Waals surface area contributed by atoms with Crippen molar-refractivity contribution < 1.29 is 0 Å². The molecule has 1 aromatic carbocycles. The Hall–Kier alpha value is -0.860. The Bertz CT molecular complexity index is 408. The molecule has 0 atom stereocenters. The second-order valence-corrected chi connectivity index (χ2v) is 5.99. The monoisotopic (exact) mass is 258 g/mol. The lowest BCUT2D eigenvalue weighted by Gasteiger charge is -2.26. The molecule has 19 heavy (non-hydrogen) atoms. The van der Waals surface area contributed by atoms with Gasteiger partial charge in [-0.15, -0.1) is 0 Å². The van der Waals surface area contributed by atoms with E-state index in [-0.39, 0.29) is 0 Å². The summed E-state index contributed by atoms with van der Waals surface area (Å²) in [4.78, 5) is 2.65. The summed E-state index contributed by atoms with van der Waals surface area (Å²) in [5.74, 6) is 0. The van der Waals surface area contributed by atoms with E-state index >= 15 is 0 Å². The SMILES string of the molecule is c1cc(CCCN2CCCCC2)c2c(c1)CNCC2. The van der Waals surface area contributed by atoms with Gasteiger partial charge in [0.2, 0.25) is 0 Å². The molecule has 0 aliphatic carbocycles. The highest BCUT2D eigenvalue weighted by Gasteiger charge is 2.13. The number of nitrogens with zero attached hydrogens (tertiary/aromatic N) is 1. The largest absolute Gasteiger partial charge is 0.312 e. The Kier molecular flexibility index (Phi) is 4.52. The van der Waals surface area contributed by atoms with Crippen LogP contribution in [0.2, 0.25) is 0 Å². The summed E-state index contributed by atoms with van der Waals surface area (Å²) in [6.45, 7) is 6.17. The van der Waals surface area contributed by atoms with E-state index in [1.165, 1.54) is 63.7 Å². The number of likely N-dealkylation sites (tertiary alicyclic amines) is 1. The summed E-state index contributed by atoms with van der Waals surface area (Å²) in [5.41, 5.74) is 4.78. The molecule has 104 valence electrons. The van der Waals surface area contributed by atoms with Crippen LogP contribution in [0.1, 0.15) is 42.4 Å². The minimum Gasteiger partial charge on any atom is -0.312 e. The number of nitrogens with one attached hydrogen (secondary N) is 1. The van der Waals surface area contributed by atoms with Crippen molar-refractivity contribution in [3.63, 3.8) is 0 Å². The second-order valence-electron chi connectivity index (χ2n) is 5.99. The quantitative estimate of drug-likeness (QED) is 0.893. The number of fused-ring (bicyclic) bond motifs is 1. The number of hydrogen-bond donors (Lipinski definition) is 1. The van der Waals surface area contributed by atoms with Crippen molar-refractivity contribution >= 4 is 0 Å². The lowest BCUT2D eigenvalue weighted by molar-refractivity contribution is 0.226. The second kappa shape index (κ2) is 6.53. The molecule has 2 heterocycles. The summed E-state index contributed by atoms with van der Waals surface area (Å²) in [5, 5.41) is 3.47. The lowest BCUT2D eigenvalue weighted by Crippen LogP contribution is -2.31. The third-order valence-corrected chi connectivity index (χ3v) is 4.61. The van der Waals surface area contributed by atoms with Gasteiger partial charge >= 0.3 is 0 Å². The number of aryl methyl sites for hydroxylation is 1. The Balaban J connectivity index is 1.54. The van der Waals surface area contributed by atoms with Crippen molar-refractivity contribution in [2.45, 2.75) is 45.1 Å². The molecular weight excluding hydrogens is 232 g/mol. The van der Waals surface area contributed by atoms with Crippen LogP contribution in [0.3, 0.4) is 0 Å². The van der Waals surface area contributed by atoms with Crippen molar-refractivity contribution in [3.05, 3.63) is 34.9 Å². The molecule has 2 nitrogen and oxygen atoms in total. The zero-order chi connectivity index (χ0) is 12.9. The minimum absolute atomic E-state index is 1.06. The zero-order valence-corrected chi connectivity index (χ0v) is 12.0. The van der Waals surface area contributed by atoms with Gasteiger partial charge in [0.05, 0.1) is 0 Å². The average Bonchev–Trinajstić information content (AvgIpc) is 2.49. The fourth-order valence-electron chi connectivity index (χ4n) is 3.52. The highest BCUT2D eigenvalue weighted by atomic mass is 15.1. The maximum atomic E-state index is 3.47. The third-order valence-electron chi connectivity index (χ3n) is 4.61. The van der Waals surface area contributed by atoms with E-state index in [0.29, 0.717) is 0 Å². The molecule has 0 amide bonds. The molecule has 2 aliphatic heterocycles. The molecule has 1 saturated heterocycles. The first kappa shape index (κ1) is 13.1. The van der Waals surface area contributed by atoms with Crippen LogP contribution in [0.15, 0.2) is 18.2 Å². The topological polar surface area (TPSA) is 15.3 Å². The summed E-state index contributed by atoms with van der Waals surface area (Å²) in [7, 11) is 0. The van der Waals surface area contributed by atoms with Crippen LogP contribution in [-0.4, -0.2) is 31.1 Å². The number of benzene rings is 1. The predicted octanol–water partition coefficient (Wildman–Crippen LogP) is 2.75. The number of rotatable bonds is 4.